The Bertz CT molecular complexity index is 652. The second kappa shape index (κ2) is 7.81. The van der Waals surface area contributed by atoms with Crippen LogP contribution in [0.25, 0.3) is 0 Å². The number of benzene rings is 1. The van der Waals surface area contributed by atoms with E-state index in [0.29, 0.717) is 6.54 Å². The third-order valence-electron chi connectivity index (χ3n) is 4.35. The minimum atomic E-state index is 0.0447. The highest BCUT2D eigenvalue weighted by molar-refractivity contribution is 7.10. The summed E-state index contributed by atoms with van der Waals surface area (Å²) in [6.07, 6.45) is 2.14. The summed E-state index contributed by atoms with van der Waals surface area (Å²) in [7, 11) is 4.13. The van der Waals surface area contributed by atoms with Crippen molar-refractivity contribution in [3.8, 4) is 0 Å². The molecule has 1 fully saturated rings. The van der Waals surface area contributed by atoms with Gasteiger partial charge in [-0.1, -0.05) is 30.3 Å². The van der Waals surface area contributed by atoms with E-state index in [0.717, 1.165) is 31.5 Å². The highest BCUT2D eigenvalue weighted by atomic mass is 32.1. The molecule has 1 saturated heterocycles. The molecule has 1 unspecified atom stereocenters. The fourth-order valence-electron chi connectivity index (χ4n) is 3.19. The zero-order valence-electron chi connectivity index (χ0n) is 14.4. The summed E-state index contributed by atoms with van der Waals surface area (Å²) >= 11 is 1.74. The lowest BCUT2D eigenvalue weighted by Crippen LogP contribution is -2.38. The van der Waals surface area contributed by atoms with Crippen LogP contribution in [-0.2, 0) is 13.1 Å². The van der Waals surface area contributed by atoms with Crippen molar-refractivity contribution >= 4 is 17.4 Å². The van der Waals surface area contributed by atoms with Gasteiger partial charge in [0.25, 0.3) is 0 Å². The molecular weight excluding hydrogens is 318 g/mol. The average Bonchev–Trinajstić information content (AvgIpc) is 3.24. The third kappa shape index (κ3) is 4.16. The number of likely N-dealkylation sites (tertiary alicyclic amines) is 1. The number of nitrogens with zero attached hydrogens (tertiary/aromatic N) is 2. The lowest BCUT2D eigenvalue weighted by molar-refractivity contribution is 0.193. The monoisotopic (exact) mass is 343 g/mol. The molecule has 0 aliphatic carbocycles. The van der Waals surface area contributed by atoms with Crippen molar-refractivity contribution in [2.75, 3.05) is 20.6 Å². The van der Waals surface area contributed by atoms with E-state index in [4.69, 9.17) is 0 Å². The van der Waals surface area contributed by atoms with Crippen molar-refractivity contribution in [1.29, 1.82) is 0 Å². The van der Waals surface area contributed by atoms with Crippen LogP contribution < -0.4 is 5.32 Å². The molecule has 2 heterocycles. The quantitative estimate of drug-likeness (QED) is 0.895. The molecule has 1 aromatic heterocycles. The standard InChI is InChI=1S/C19H25N3OS/c1-21(2)14-16-9-7-15(8-10-16)13-20-19(23)22-11-3-5-17(22)18-6-4-12-24-18/h4,6-10,12,17H,3,5,11,13-14H2,1-2H3,(H,20,23). The maximum Gasteiger partial charge on any atom is 0.318 e. The zero-order chi connectivity index (χ0) is 16.9. The van der Waals surface area contributed by atoms with Gasteiger partial charge in [-0.25, -0.2) is 4.79 Å². The van der Waals surface area contributed by atoms with Gasteiger partial charge in [-0.15, -0.1) is 11.3 Å². The number of urea groups is 1. The van der Waals surface area contributed by atoms with E-state index in [1.54, 1.807) is 11.3 Å². The normalized spacial score (nSPS) is 17.5. The first-order valence-corrected chi connectivity index (χ1v) is 9.32. The molecule has 1 aliphatic heterocycles. The molecule has 0 saturated carbocycles. The van der Waals surface area contributed by atoms with Gasteiger partial charge in [0.15, 0.2) is 0 Å². The number of carbonyl (C=O) groups is 1. The van der Waals surface area contributed by atoms with Gasteiger partial charge in [0.05, 0.1) is 6.04 Å². The van der Waals surface area contributed by atoms with Crippen molar-refractivity contribution < 1.29 is 4.79 Å². The molecule has 2 aromatic rings. The molecule has 0 spiro atoms. The van der Waals surface area contributed by atoms with Crippen molar-refractivity contribution in [2.45, 2.75) is 32.0 Å². The van der Waals surface area contributed by atoms with Crippen LogP contribution in [0.3, 0.4) is 0 Å². The number of carbonyl (C=O) groups excluding carboxylic acids is 1. The fraction of sp³-hybridized carbons (Fsp3) is 0.421. The molecular formula is C19H25N3OS. The molecule has 24 heavy (non-hydrogen) atoms. The predicted octanol–water partition coefficient (Wildman–Crippen LogP) is 3.86. The van der Waals surface area contributed by atoms with Gasteiger partial charge >= 0.3 is 6.03 Å². The van der Waals surface area contributed by atoms with E-state index >= 15 is 0 Å². The SMILES string of the molecule is CN(C)Cc1ccc(CNC(=O)N2CCCC2c2cccs2)cc1. The molecule has 1 atom stereocenters. The second-order valence-electron chi connectivity index (χ2n) is 6.58. The van der Waals surface area contributed by atoms with Gasteiger partial charge in [0.2, 0.25) is 0 Å². The van der Waals surface area contributed by atoms with E-state index < -0.39 is 0 Å². The molecule has 128 valence electrons. The Morgan fingerprint density at radius 2 is 2.00 bits per heavy atom. The molecule has 1 aliphatic rings. The van der Waals surface area contributed by atoms with Crippen LogP contribution in [0.5, 0.6) is 0 Å². The van der Waals surface area contributed by atoms with Crippen LogP contribution in [0.4, 0.5) is 4.79 Å². The highest BCUT2D eigenvalue weighted by Crippen LogP contribution is 2.34. The number of amides is 2. The Balaban J connectivity index is 1.55. The van der Waals surface area contributed by atoms with Gasteiger partial charge in [-0.05, 0) is 49.5 Å². The molecule has 2 amide bonds. The smallest absolute Gasteiger partial charge is 0.318 e. The van der Waals surface area contributed by atoms with E-state index in [1.165, 1.54) is 10.4 Å². The molecule has 3 rings (SSSR count). The Morgan fingerprint density at radius 1 is 1.25 bits per heavy atom. The average molecular weight is 343 g/mol. The maximum absolute atomic E-state index is 12.5. The zero-order valence-corrected chi connectivity index (χ0v) is 15.2. The van der Waals surface area contributed by atoms with Crippen molar-refractivity contribution in [1.82, 2.24) is 15.1 Å². The van der Waals surface area contributed by atoms with Crippen LogP contribution >= 0.6 is 11.3 Å². The summed E-state index contributed by atoms with van der Waals surface area (Å²) in [6, 6.07) is 12.9. The minimum absolute atomic E-state index is 0.0447. The Kier molecular flexibility index (Phi) is 5.53. The van der Waals surface area contributed by atoms with E-state index in [-0.39, 0.29) is 12.1 Å². The predicted molar refractivity (Wildman–Crippen MR) is 99.1 cm³/mol. The summed E-state index contributed by atoms with van der Waals surface area (Å²) in [4.78, 5) is 18.0. The summed E-state index contributed by atoms with van der Waals surface area (Å²) < 4.78 is 0. The number of hydrogen-bond donors (Lipinski definition) is 1. The van der Waals surface area contributed by atoms with Crippen LogP contribution in [0, 0.1) is 0 Å². The van der Waals surface area contributed by atoms with E-state index in [1.807, 2.05) is 4.90 Å². The second-order valence-corrected chi connectivity index (χ2v) is 7.56. The molecule has 0 bridgehead atoms. The largest absolute Gasteiger partial charge is 0.334 e. The summed E-state index contributed by atoms with van der Waals surface area (Å²) in [6.45, 7) is 2.35. The number of thiophene rings is 1. The van der Waals surface area contributed by atoms with Gasteiger partial charge in [0.1, 0.15) is 0 Å². The van der Waals surface area contributed by atoms with Crippen LogP contribution in [0.1, 0.15) is 34.9 Å². The topological polar surface area (TPSA) is 35.6 Å². The number of nitrogens with one attached hydrogen (secondary N) is 1. The molecule has 1 aromatic carbocycles. The minimum Gasteiger partial charge on any atom is -0.334 e. The van der Waals surface area contributed by atoms with E-state index in [2.05, 4.69) is 66.1 Å². The van der Waals surface area contributed by atoms with E-state index in [9.17, 15) is 4.79 Å². The molecule has 4 nitrogen and oxygen atoms in total. The number of rotatable bonds is 5. The fourth-order valence-corrected chi connectivity index (χ4v) is 4.07. The van der Waals surface area contributed by atoms with Crippen molar-refractivity contribution in [2.24, 2.45) is 0 Å². The molecule has 0 radical (unpaired) electrons. The van der Waals surface area contributed by atoms with Gasteiger partial charge in [0, 0.05) is 24.5 Å². The highest BCUT2D eigenvalue weighted by Gasteiger charge is 2.30. The molecule has 1 N–H and O–H groups in total. The molecule has 5 heteroatoms. The van der Waals surface area contributed by atoms with Crippen molar-refractivity contribution in [3.05, 3.63) is 57.8 Å². The van der Waals surface area contributed by atoms with Crippen LogP contribution in [0.15, 0.2) is 41.8 Å². The first-order valence-electron chi connectivity index (χ1n) is 8.44. The summed E-state index contributed by atoms with van der Waals surface area (Å²) in [5, 5.41) is 5.16. The number of hydrogen-bond acceptors (Lipinski definition) is 3. The van der Waals surface area contributed by atoms with Gasteiger partial charge < -0.3 is 15.1 Å². The first kappa shape index (κ1) is 17.0. The summed E-state index contributed by atoms with van der Waals surface area (Å²) in [5.41, 5.74) is 2.42. The van der Waals surface area contributed by atoms with Gasteiger partial charge in [-0.3, -0.25) is 0 Å². The Hall–Kier alpha value is -1.85. The summed E-state index contributed by atoms with van der Waals surface area (Å²) in [5.74, 6) is 0. The van der Waals surface area contributed by atoms with Gasteiger partial charge in [-0.2, -0.15) is 0 Å². The maximum atomic E-state index is 12.5. The van der Waals surface area contributed by atoms with Crippen molar-refractivity contribution in [3.63, 3.8) is 0 Å². The lowest BCUT2D eigenvalue weighted by atomic mass is 10.1. The third-order valence-corrected chi connectivity index (χ3v) is 5.32. The Morgan fingerprint density at radius 3 is 2.67 bits per heavy atom. The lowest BCUT2D eigenvalue weighted by Gasteiger charge is -2.24. The Labute approximate surface area is 148 Å². The van der Waals surface area contributed by atoms with Crippen LogP contribution in [0.2, 0.25) is 0 Å². The first-order chi connectivity index (χ1) is 11.6. The van der Waals surface area contributed by atoms with Crippen LogP contribution in [-0.4, -0.2) is 36.5 Å².